The number of hydrogen-bond acceptors (Lipinski definition) is 5. The molecule has 2 amide bonds. The Labute approximate surface area is 232 Å². The van der Waals surface area contributed by atoms with E-state index in [1.165, 1.54) is 25.0 Å². The number of nitrogens with zero attached hydrogens (tertiary/aromatic N) is 3. The van der Waals surface area contributed by atoms with Gasteiger partial charge in [-0.15, -0.1) is 0 Å². The van der Waals surface area contributed by atoms with Crippen LogP contribution in [0.4, 0.5) is 15.8 Å². The zero-order valence-electron chi connectivity index (χ0n) is 23.8. The maximum absolute atomic E-state index is 15.3. The largest absolute Gasteiger partial charge is 0.366 e. The van der Waals surface area contributed by atoms with Crippen molar-refractivity contribution in [2.75, 3.05) is 37.6 Å². The van der Waals surface area contributed by atoms with Gasteiger partial charge in [-0.2, -0.15) is 0 Å². The predicted molar refractivity (Wildman–Crippen MR) is 155 cm³/mol. The zero-order chi connectivity index (χ0) is 28.1. The summed E-state index contributed by atoms with van der Waals surface area (Å²) in [7, 11) is 0. The Bertz CT molecular complexity index is 1110. The van der Waals surface area contributed by atoms with Crippen LogP contribution in [0.3, 0.4) is 0 Å². The Morgan fingerprint density at radius 1 is 1.00 bits per heavy atom. The fourth-order valence-corrected chi connectivity index (χ4v) is 6.18. The van der Waals surface area contributed by atoms with E-state index in [-0.39, 0.29) is 29.6 Å². The number of amides is 2. The maximum Gasteiger partial charge on any atom is 0.254 e. The average molecular weight is 538 g/mol. The Kier molecular flexibility index (Phi) is 9.62. The number of likely N-dealkylation sites (tertiary alicyclic amines) is 1. The number of nitrogens with one attached hydrogen (secondary N) is 1. The van der Waals surface area contributed by atoms with E-state index in [1.54, 1.807) is 6.07 Å². The third-order valence-electron chi connectivity index (χ3n) is 8.07. The molecule has 2 aromatic carbocycles. The zero-order valence-corrected chi connectivity index (χ0v) is 23.8. The highest BCUT2D eigenvalue weighted by atomic mass is 19.1. The molecule has 2 saturated heterocycles. The minimum absolute atomic E-state index is 0.0227. The molecule has 2 aromatic rings. The number of rotatable bonds is 9. The van der Waals surface area contributed by atoms with Crippen LogP contribution in [0.25, 0.3) is 0 Å². The lowest BCUT2D eigenvalue weighted by molar-refractivity contribution is 0.0643. The molecule has 3 N–H and O–H groups in total. The summed E-state index contributed by atoms with van der Waals surface area (Å²) in [6.07, 6.45) is 4.24. The summed E-state index contributed by atoms with van der Waals surface area (Å²) < 4.78 is 15.3. The molecule has 212 valence electrons. The van der Waals surface area contributed by atoms with Gasteiger partial charge in [-0.1, -0.05) is 0 Å². The monoisotopic (exact) mass is 537 g/mol. The molecule has 1 atom stereocenters. The van der Waals surface area contributed by atoms with Crippen LogP contribution in [-0.4, -0.2) is 72.5 Å². The van der Waals surface area contributed by atoms with Crippen LogP contribution < -0.4 is 16.0 Å². The third-order valence-corrected chi connectivity index (χ3v) is 8.07. The van der Waals surface area contributed by atoms with Gasteiger partial charge < -0.3 is 25.8 Å². The second-order valence-corrected chi connectivity index (χ2v) is 11.6. The lowest BCUT2D eigenvalue weighted by Crippen LogP contribution is -2.46. The Hall–Kier alpha value is -2.97. The standard InChI is InChI=1S/C31H44FN5O2/c1-21(2)36(22(3)4)31(39)24-7-10-26(11-8-24)37(29-18-25(30(33)38)9-12-28(29)32)27-13-16-35(17-14-27)20-23-6-5-15-34-19-23/h7-12,18,21-23,27,34H,5-6,13-17,19-20H2,1-4H3,(H2,33,38). The molecule has 2 aliphatic rings. The van der Waals surface area contributed by atoms with Crippen molar-refractivity contribution in [1.29, 1.82) is 0 Å². The van der Waals surface area contributed by atoms with Crippen molar-refractivity contribution in [2.24, 2.45) is 11.7 Å². The molecule has 4 rings (SSSR count). The first kappa shape index (κ1) is 29.0. The highest BCUT2D eigenvalue weighted by Crippen LogP contribution is 2.35. The smallest absolute Gasteiger partial charge is 0.254 e. The molecule has 39 heavy (non-hydrogen) atoms. The summed E-state index contributed by atoms with van der Waals surface area (Å²) in [5.41, 5.74) is 7.56. The molecule has 7 nitrogen and oxygen atoms in total. The molecule has 0 spiro atoms. The van der Waals surface area contributed by atoms with Crippen molar-refractivity contribution in [3.05, 3.63) is 59.4 Å². The summed E-state index contributed by atoms with van der Waals surface area (Å²) in [5, 5.41) is 3.51. The SMILES string of the molecule is CC(C)N(C(=O)c1ccc(N(c2cc(C(N)=O)ccc2F)C2CCN(CC3CCCNC3)CC2)cc1)C(C)C. The summed E-state index contributed by atoms with van der Waals surface area (Å²) in [4.78, 5) is 31.6. The fraction of sp³-hybridized carbons (Fsp3) is 0.548. The van der Waals surface area contributed by atoms with Crippen LogP contribution in [0.15, 0.2) is 42.5 Å². The minimum atomic E-state index is -0.587. The van der Waals surface area contributed by atoms with E-state index >= 15 is 4.39 Å². The predicted octanol–water partition coefficient (Wildman–Crippen LogP) is 4.79. The van der Waals surface area contributed by atoms with E-state index in [2.05, 4.69) is 10.2 Å². The van der Waals surface area contributed by atoms with E-state index in [1.807, 2.05) is 61.8 Å². The Morgan fingerprint density at radius 2 is 1.64 bits per heavy atom. The number of halogens is 1. The first-order chi connectivity index (χ1) is 18.7. The summed E-state index contributed by atoms with van der Waals surface area (Å²) >= 11 is 0. The molecule has 8 heteroatoms. The van der Waals surface area contributed by atoms with Gasteiger partial charge in [-0.25, -0.2) is 4.39 Å². The number of nitrogens with two attached hydrogens (primary N) is 1. The molecular formula is C31H44FN5O2. The average Bonchev–Trinajstić information content (AvgIpc) is 2.91. The van der Waals surface area contributed by atoms with E-state index in [0.29, 0.717) is 17.2 Å². The Morgan fingerprint density at radius 3 is 2.21 bits per heavy atom. The van der Waals surface area contributed by atoms with Gasteiger partial charge in [0.2, 0.25) is 5.91 Å². The molecule has 0 saturated carbocycles. The highest BCUT2D eigenvalue weighted by Gasteiger charge is 2.30. The topological polar surface area (TPSA) is 81.9 Å². The van der Waals surface area contributed by atoms with Crippen LogP contribution in [0.5, 0.6) is 0 Å². The molecule has 2 heterocycles. The third kappa shape index (κ3) is 6.97. The lowest BCUT2D eigenvalue weighted by atomic mass is 9.96. The number of carbonyl (C=O) groups excluding carboxylic acids is 2. The highest BCUT2D eigenvalue weighted by molar-refractivity contribution is 5.95. The van der Waals surface area contributed by atoms with E-state index in [0.717, 1.165) is 51.3 Å². The first-order valence-electron chi connectivity index (χ1n) is 14.4. The summed E-state index contributed by atoms with van der Waals surface area (Å²) in [6.45, 7) is 13.2. The number of piperidine rings is 2. The van der Waals surface area contributed by atoms with Gasteiger partial charge in [0.25, 0.3) is 5.91 Å². The van der Waals surface area contributed by atoms with Crippen LogP contribution in [-0.2, 0) is 0 Å². The van der Waals surface area contributed by atoms with Crippen molar-refractivity contribution in [2.45, 2.75) is 71.5 Å². The van der Waals surface area contributed by atoms with Crippen molar-refractivity contribution < 1.29 is 14.0 Å². The van der Waals surface area contributed by atoms with Gasteiger partial charge in [0.15, 0.2) is 0 Å². The Balaban J connectivity index is 1.60. The summed E-state index contributed by atoms with van der Waals surface area (Å²) in [6, 6.07) is 11.9. The molecule has 0 bridgehead atoms. The molecule has 2 fully saturated rings. The van der Waals surface area contributed by atoms with Crippen molar-refractivity contribution in [3.63, 3.8) is 0 Å². The van der Waals surface area contributed by atoms with Gasteiger partial charge in [-0.05, 0) is 115 Å². The van der Waals surface area contributed by atoms with E-state index < -0.39 is 11.7 Å². The number of primary amides is 1. The quantitative estimate of drug-likeness (QED) is 0.481. The second kappa shape index (κ2) is 12.9. The molecule has 0 aliphatic carbocycles. The molecule has 1 unspecified atom stereocenters. The van der Waals surface area contributed by atoms with Gasteiger partial charge >= 0.3 is 0 Å². The normalized spacial score (nSPS) is 18.9. The van der Waals surface area contributed by atoms with Crippen LogP contribution in [0.2, 0.25) is 0 Å². The molecule has 0 radical (unpaired) electrons. The van der Waals surface area contributed by atoms with Gasteiger partial charge in [0.1, 0.15) is 5.82 Å². The van der Waals surface area contributed by atoms with Gasteiger partial charge in [-0.3, -0.25) is 9.59 Å². The van der Waals surface area contributed by atoms with Gasteiger partial charge in [0, 0.05) is 54.6 Å². The number of hydrogen-bond donors (Lipinski definition) is 2. The van der Waals surface area contributed by atoms with Gasteiger partial charge in [0.05, 0.1) is 5.69 Å². The first-order valence-corrected chi connectivity index (χ1v) is 14.4. The molecular weight excluding hydrogens is 493 g/mol. The van der Waals surface area contributed by atoms with E-state index in [4.69, 9.17) is 5.73 Å². The van der Waals surface area contributed by atoms with Crippen molar-refractivity contribution in [3.8, 4) is 0 Å². The van der Waals surface area contributed by atoms with E-state index in [9.17, 15) is 9.59 Å². The van der Waals surface area contributed by atoms with Crippen LogP contribution >= 0.6 is 0 Å². The van der Waals surface area contributed by atoms with Crippen molar-refractivity contribution >= 4 is 23.2 Å². The molecule has 0 aromatic heterocycles. The van der Waals surface area contributed by atoms with Crippen molar-refractivity contribution in [1.82, 2.24) is 15.1 Å². The number of anilines is 2. The second-order valence-electron chi connectivity index (χ2n) is 11.6. The fourth-order valence-electron chi connectivity index (χ4n) is 6.18. The molecule has 2 aliphatic heterocycles. The maximum atomic E-state index is 15.3. The summed E-state index contributed by atoms with van der Waals surface area (Å²) in [5.74, 6) is -0.333. The van der Waals surface area contributed by atoms with Crippen LogP contribution in [0.1, 0.15) is 74.1 Å². The van der Waals surface area contributed by atoms with Crippen LogP contribution in [0, 0.1) is 11.7 Å². The number of benzene rings is 2. The number of carbonyl (C=O) groups is 2. The minimum Gasteiger partial charge on any atom is -0.366 e. The lowest BCUT2D eigenvalue weighted by Gasteiger charge is -2.41.